The first-order chi connectivity index (χ1) is 7.65. The van der Waals surface area contributed by atoms with Crippen molar-refractivity contribution in [3.63, 3.8) is 0 Å². The van der Waals surface area contributed by atoms with E-state index in [1.165, 1.54) is 0 Å². The number of hydrogen-bond donors (Lipinski definition) is 2. The highest BCUT2D eigenvalue weighted by Gasteiger charge is 2.35. The van der Waals surface area contributed by atoms with Crippen LogP contribution in [0.3, 0.4) is 0 Å². The molecule has 16 heavy (non-hydrogen) atoms. The van der Waals surface area contributed by atoms with Crippen LogP contribution in [0.4, 0.5) is 0 Å². The molecule has 2 N–H and O–H groups in total. The fraction of sp³-hybridized carbons (Fsp3) is 0.455. The van der Waals surface area contributed by atoms with Gasteiger partial charge in [0.2, 0.25) is 5.91 Å². The molecule has 1 aromatic heterocycles. The third kappa shape index (κ3) is 2.61. The summed E-state index contributed by atoms with van der Waals surface area (Å²) in [4.78, 5) is 23.1. The summed E-state index contributed by atoms with van der Waals surface area (Å²) >= 11 is 1.55. The molecule has 1 aliphatic rings. The topological polar surface area (TPSA) is 66.4 Å². The van der Waals surface area contributed by atoms with E-state index >= 15 is 0 Å². The quantitative estimate of drug-likeness (QED) is 0.831. The molecule has 0 bridgehead atoms. The number of carboxylic acids is 1. The van der Waals surface area contributed by atoms with Gasteiger partial charge < -0.3 is 10.4 Å². The van der Waals surface area contributed by atoms with Crippen molar-refractivity contribution in [2.45, 2.75) is 25.3 Å². The van der Waals surface area contributed by atoms with Crippen molar-refractivity contribution in [2.75, 3.05) is 0 Å². The Bertz CT molecular complexity index is 382. The Morgan fingerprint density at radius 1 is 1.50 bits per heavy atom. The van der Waals surface area contributed by atoms with Gasteiger partial charge in [0, 0.05) is 10.9 Å². The Hall–Kier alpha value is -1.36. The largest absolute Gasteiger partial charge is 0.481 e. The lowest BCUT2D eigenvalue weighted by molar-refractivity contribution is -0.146. The molecule has 86 valence electrons. The van der Waals surface area contributed by atoms with Crippen LogP contribution < -0.4 is 5.32 Å². The SMILES string of the molecule is O=C(Cc1cccs1)NC1CC(C(=O)O)C1. The Morgan fingerprint density at radius 3 is 2.81 bits per heavy atom. The summed E-state index contributed by atoms with van der Waals surface area (Å²) in [6.45, 7) is 0. The van der Waals surface area contributed by atoms with Crippen LogP contribution >= 0.6 is 11.3 Å². The predicted molar refractivity (Wildman–Crippen MR) is 60.3 cm³/mol. The highest BCUT2D eigenvalue weighted by molar-refractivity contribution is 7.10. The van der Waals surface area contributed by atoms with Gasteiger partial charge in [-0.1, -0.05) is 6.07 Å². The van der Waals surface area contributed by atoms with Crippen LogP contribution in [0.1, 0.15) is 17.7 Å². The lowest BCUT2D eigenvalue weighted by Crippen LogP contribution is -2.47. The van der Waals surface area contributed by atoms with Crippen molar-refractivity contribution in [1.82, 2.24) is 5.32 Å². The fourth-order valence-corrected chi connectivity index (χ4v) is 2.49. The number of thiophene rings is 1. The smallest absolute Gasteiger partial charge is 0.306 e. The minimum atomic E-state index is -0.760. The van der Waals surface area contributed by atoms with E-state index in [0.717, 1.165) is 4.88 Å². The van der Waals surface area contributed by atoms with Gasteiger partial charge in [0.05, 0.1) is 12.3 Å². The van der Waals surface area contributed by atoms with E-state index in [1.807, 2.05) is 17.5 Å². The number of amides is 1. The minimum absolute atomic E-state index is 0.0173. The molecule has 1 aliphatic carbocycles. The van der Waals surface area contributed by atoms with Crippen LogP contribution in [0, 0.1) is 5.92 Å². The summed E-state index contributed by atoms with van der Waals surface area (Å²) < 4.78 is 0. The van der Waals surface area contributed by atoms with Gasteiger partial charge in [0.25, 0.3) is 0 Å². The average Bonchev–Trinajstić information content (AvgIpc) is 2.62. The van der Waals surface area contributed by atoms with Gasteiger partial charge in [-0.05, 0) is 24.3 Å². The van der Waals surface area contributed by atoms with Gasteiger partial charge in [-0.2, -0.15) is 0 Å². The molecule has 0 aliphatic heterocycles. The molecule has 1 heterocycles. The van der Waals surface area contributed by atoms with Crippen LogP contribution in [-0.4, -0.2) is 23.0 Å². The summed E-state index contributed by atoms with van der Waals surface area (Å²) in [5, 5.41) is 13.5. The van der Waals surface area contributed by atoms with Crippen LogP contribution in [0.15, 0.2) is 17.5 Å². The zero-order chi connectivity index (χ0) is 11.5. The molecule has 5 heteroatoms. The highest BCUT2D eigenvalue weighted by atomic mass is 32.1. The minimum Gasteiger partial charge on any atom is -0.481 e. The number of carbonyl (C=O) groups is 2. The predicted octanol–water partition coefficient (Wildman–Crippen LogP) is 1.27. The van der Waals surface area contributed by atoms with Gasteiger partial charge in [-0.15, -0.1) is 11.3 Å². The lowest BCUT2D eigenvalue weighted by atomic mass is 9.80. The molecule has 1 aromatic rings. The first-order valence-corrected chi connectivity index (χ1v) is 6.07. The van der Waals surface area contributed by atoms with E-state index < -0.39 is 5.97 Å². The standard InChI is InChI=1S/C11H13NO3S/c13-10(6-9-2-1-3-16-9)12-8-4-7(5-8)11(14)15/h1-3,7-8H,4-6H2,(H,12,13)(H,14,15). The van der Waals surface area contributed by atoms with Crippen LogP contribution in [0.2, 0.25) is 0 Å². The molecule has 0 saturated heterocycles. The maximum absolute atomic E-state index is 11.5. The molecule has 0 unspecified atom stereocenters. The summed E-state index contributed by atoms with van der Waals surface area (Å²) in [6.07, 6.45) is 1.52. The Labute approximate surface area is 97.3 Å². The van der Waals surface area contributed by atoms with Crippen molar-refractivity contribution >= 4 is 23.2 Å². The normalized spacial score (nSPS) is 23.5. The summed E-state index contributed by atoms with van der Waals surface area (Å²) in [7, 11) is 0. The Balaban J connectivity index is 1.71. The van der Waals surface area contributed by atoms with Crippen molar-refractivity contribution in [1.29, 1.82) is 0 Å². The number of carboxylic acid groups (broad SMARTS) is 1. The maximum Gasteiger partial charge on any atom is 0.306 e. The highest BCUT2D eigenvalue weighted by Crippen LogP contribution is 2.27. The molecule has 0 aromatic carbocycles. The van der Waals surface area contributed by atoms with Gasteiger partial charge >= 0.3 is 5.97 Å². The van der Waals surface area contributed by atoms with E-state index in [-0.39, 0.29) is 17.9 Å². The molecule has 1 saturated carbocycles. The van der Waals surface area contributed by atoms with Crippen molar-refractivity contribution < 1.29 is 14.7 Å². The van der Waals surface area contributed by atoms with Gasteiger partial charge in [0.1, 0.15) is 0 Å². The number of carbonyl (C=O) groups excluding carboxylic acids is 1. The van der Waals surface area contributed by atoms with E-state index in [9.17, 15) is 9.59 Å². The van der Waals surface area contributed by atoms with E-state index in [2.05, 4.69) is 5.32 Å². The average molecular weight is 239 g/mol. The maximum atomic E-state index is 11.5. The van der Waals surface area contributed by atoms with E-state index in [0.29, 0.717) is 19.3 Å². The third-order valence-electron chi connectivity index (χ3n) is 2.77. The number of aliphatic carboxylic acids is 1. The molecular weight excluding hydrogens is 226 g/mol. The second kappa shape index (κ2) is 4.65. The molecule has 0 radical (unpaired) electrons. The summed E-state index contributed by atoms with van der Waals surface area (Å²) in [5.74, 6) is -1.05. The molecule has 1 amide bonds. The van der Waals surface area contributed by atoms with Crippen LogP contribution in [0.25, 0.3) is 0 Å². The molecule has 4 nitrogen and oxygen atoms in total. The zero-order valence-electron chi connectivity index (χ0n) is 8.68. The molecule has 2 rings (SSSR count). The van der Waals surface area contributed by atoms with Gasteiger partial charge in [-0.3, -0.25) is 9.59 Å². The van der Waals surface area contributed by atoms with E-state index in [4.69, 9.17) is 5.11 Å². The second-order valence-electron chi connectivity index (χ2n) is 4.03. The Morgan fingerprint density at radius 2 is 2.25 bits per heavy atom. The Kier molecular flexibility index (Phi) is 3.24. The lowest BCUT2D eigenvalue weighted by Gasteiger charge is -2.32. The molecule has 0 spiro atoms. The van der Waals surface area contributed by atoms with E-state index in [1.54, 1.807) is 11.3 Å². The van der Waals surface area contributed by atoms with Gasteiger partial charge in [0.15, 0.2) is 0 Å². The number of nitrogens with one attached hydrogen (secondary N) is 1. The van der Waals surface area contributed by atoms with Crippen molar-refractivity contribution in [3.05, 3.63) is 22.4 Å². The number of rotatable bonds is 4. The van der Waals surface area contributed by atoms with Crippen molar-refractivity contribution in [2.24, 2.45) is 5.92 Å². The van der Waals surface area contributed by atoms with Crippen LogP contribution in [0.5, 0.6) is 0 Å². The number of hydrogen-bond acceptors (Lipinski definition) is 3. The molecular formula is C11H13NO3S. The first-order valence-electron chi connectivity index (χ1n) is 5.19. The van der Waals surface area contributed by atoms with Crippen molar-refractivity contribution in [3.8, 4) is 0 Å². The molecule has 0 atom stereocenters. The molecule has 1 fully saturated rings. The third-order valence-corrected chi connectivity index (χ3v) is 3.64. The summed E-state index contributed by atoms with van der Waals surface area (Å²) in [6, 6.07) is 3.89. The zero-order valence-corrected chi connectivity index (χ0v) is 9.50. The second-order valence-corrected chi connectivity index (χ2v) is 5.06. The fourth-order valence-electron chi connectivity index (χ4n) is 1.79. The first kappa shape index (κ1) is 11.1. The van der Waals surface area contributed by atoms with Crippen LogP contribution in [-0.2, 0) is 16.0 Å². The monoisotopic (exact) mass is 239 g/mol. The summed E-state index contributed by atoms with van der Waals surface area (Å²) in [5.41, 5.74) is 0. The van der Waals surface area contributed by atoms with Gasteiger partial charge in [-0.25, -0.2) is 0 Å².